The van der Waals surface area contributed by atoms with Crippen molar-refractivity contribution in [1.82, 2.24) is 10.2 Å². The fourth-order valence-electron chi connectivity index (χ4n) is 14.6. The van der Waals surface area contributed by atoms with E-state index in [2.05, 4.69) is 81.8 Å². The van der Waals surface area contributed by atoms with Crippen molar-refractivity contribution in [3.05, 3.63) is 35.9 Å². The second kappa shape index (κ2) is 16.1. The van der Waals surface area contributed by atoms with Crippen LogP contribution in [0.3, 0.4) is 0 Å². The van der Waals surface area contributed by atoms with E-state index in [1.807, 2.05) is 12.1 Å². The highest BCUT2D eigenvalue weighted by molar-refractivity contribution is 5.95. The molecule has 5 aliphatic carbocycles. The largest absolute Gasteiger partial charge is 0.495 e. The van der Waals surface area contributed by atoms with Crippen LogP contribution >= 0.6 is 0 Å². The first-order valence-corrected chi connectivity index (χ1v) is 23.4. The number of hydrogen-bond acceptors (Lipinski definition) is 11. The highest BCUT2D eigenvalue weighted by Gasteiger charge is 2.70. The number of ether oxygens (including phenoxy) is 3. The first-order chi connectivity index (χ1) is 28.8. The summed E-state index contributed by atoms with van der Waals surface area (Å²) in [7, 11) is 1.72. The number of nitrogens with one attached hydrogen (secondary N) is 1. The number of allylic oxidation sites excluding steroid dienone is 2. The van der Waals surface area contributed by atoms with E-state index in [0.29, 0.717) is 13.0 Å². The number of aliphatic hydroxyl groups excluding tert-OH is 4. The molecule has 1 aromatic rings. The number of methoxy groups -OCH3 is 1. The van der Waals surface area contributed by atoms with Crippen molar-refractivity contribution in [1.29, 1.82) is 0 Å². The van der Waals surface area contributed by atoms with Crippen LogP contribution in [0.1, 0.15) is 106 Å². The van der Waals surface area contributed by atoms with Crippen LogP contribution < -0.4 is 15.0 Å². The van der Waals surface area contributed by atoms with Crippen LogP contribution in [-0.2, 0) is 19.1 Å². The Kier molecular flexibility index (Phi) is 11.9. The molecule has 2 heterocycles. The van der Waals surface area contributed by atoms with E-state index in [-0.39, 0.29) is 57.2 Å². The molecule has 0 spiro atoms. The molecular weight excluding hydrogens is 775 g/mol. The second-order valence-corrected chi connectivity index (χ2v) is 22.2. The number of fused-ring (bicyclic) bond motifs is 7. The van der Waals surface area contributed by atoms with Gasteiger partial charge in [-0.3, -0.25) is 14.5 Å². The number of benzene rings is 1. The van der Waals surface area contributed by atoms with Crippen molar-refractivity contribution in [2.45, 2.75) is 143 Å². The summed E-state index contributed by atoms with van der Waals surface area (Å²) in [4.78, 5) is 34.1. The standard InChI is InChI=1S/C49H75N3O9/c1-44(2)36-13-16-49(7)41(47(36,5)15-14-37(44)61-42-40(57)39(56)38(55)35(29-53)60-42)33(54)27-30-31-28-46(4,18-17-45(31,3)19-20-48(30,49)6)43(58)50-21-22-51-23-25-52(26-24-51)32-11-9-10-12-34(32)59-8/h9-12,27,31,35-42,53,55-57H,13-26,28-29H2,1-8H3,(H,50,58)/t31-,35+,36?,37-,38+,39-,40+,41+,42-,45+,46?,47-,48+,49+/m0/s1. The Labute approximate surface area is 363 Å². The van der Waals surface area contributed by atoms with Crippen molar-refractivity contribution < 1.29 is 44.2 Å². The predicted octanol–water partition coefficient (Wildman–Crippen LogP) is 5.10. The number of carbonyl (C=O) groups is 2. The van der Waals surface area contributed by atoms with Gasteiger partial charge in [0.15, 0.2) is 12.1 Å². The van der Waals surface area contributed by atoms with Gasteiger partial charge in [-0.05, 0) is 115 Å². The summed E-state index contributed by atoms with van der Waals surface area (Å²) < 4.78 is 17.9. The van der Waals surface area contributed by atoms with Gasteiger partial charge in [0.2, 0.25) is 5.91 Å². The van der Waals surface area contributed by atoms with Crippen molar-refractivity contribution in [2.24, 2.45) is 50.2 Å². The minimum absolute atomic E-state index is 0.0403. The van der Waals surface area contributed by atoms with Gasteiger partial charge in [-0.1, -0.05) is 66.2 Å². The zero-order valence-corrected chi connectivity index (χ0v) is 38.1. The Morgan fingerprint density at radius 3 is 2.30 bits per heavy atom. The van der Waals surface area contributed by atoms with Crippen molar-refractivity contribution >= 4 is 17.4 Å². The Bertz CT molecular complexity index is 1850. The van der Waals surface area contributed by atoms with E-state index in [1.54, 1.807) is 7.11 Å². The maximum absolute atomic E-state index is 15.0. The Hall–Kier alpha value is -2.58. The van der Waals surface area contributed by atoms with Gasteiger partial charge in [-0.2, -0.15) is 0 Å². The topological polar surface area (TPSA) is 161 Å². The maximum atomic E-state index is 15.0. The molecule has 2 aliphatic heterocycles. The molecule has 0 aromatic heterocycles. The molecular formula is C49H75N3O9. The molecule has 14 atom stereocenters. The summed E-state index contributed by atoms with van der Waals surface area (Å²) in [6.45, 7) is 20.8. The average Bonchev–Trinajstić information content (AvgIpc) is 3.23. The lowest BCUT2D eigenvalue weighted by atomic mass is 9.33. The van der Waals surface area contributed by atoms with E-state index >= 15 is 4.79 Å². The molecule has 7 aliphatic rings. The van der Waals surface area contributed by atoms with Gasteiger partial charge in [-0.15, -0.1) is 0 Å². The summed E-state index contributed by atoms with van der Waals surface area (Å²) in [5.41, 5.74) is 0.815. The molecule has 6 fully saturated rings. The molecule has 0 radical (unpaired) electrons. The van der Waals surface area contributed by atoms with Crippen LogP contribution in [-0.4, -0.2) is 127 Å². The molecule has 12 nitrogen and oxygen atoms in total. The SMILES string of the molecule is COc1ccccc1N1CCN(CCNC(=O)C2(C)CC[C@]3(C)CC[C@]4(C)C(=CC(=O)[C@@H]5[C@@]6(C)CC[C@H](O[C@@H]7O[C@H](CO)[C@@H](O)[C@H](O)[C@H]7O)C(C)(C)C6CC[C@]54C)[C@@H]3C2)CC1. The zero-order valence-electron chi connectivity index (χ0n) is 38.1. The number of para-hydroxylation sites is 2. The smallest absolute Gasteiger partial charge is 0.226 e. The Morgan fingerprint density at radius 1 is 0.885 bits per heavy atom. The van der Waals surface area contributed by atoms with Gasteiger partial charge >= 0.3 is 0 Å². The molecule has 2 saturated heterocycles. The number of ketones is 1. The lowest BCUT2D eigenvalue weighted by Crippen LogP contribution is -2.67. The molecule has 1 amide bonds. The molecule has 4 saturated carbocycles. The summed E-state index contributed by atoms with van der Waals surface area (Å²) >= 11 is 0. The minimum atomic E-state index is -1.50. The molecule has 61 heavy (non-hydrogen) atoms. The summed E-state index contributed by atoms with van der Waals surface area (Å²) in [6.07, 6.45) is 3.07. The van der Waals surface area contributed by atoms with Gasteiger partial charge in [0, 0.05) is 50.6 Å². The third-order valence-electron chi connectivity index (χ3n) is 18.7. The maximum Gasteiger partial charge on any atom is 0.226 e. The third kappa shape index (κ3) is 7.21. The Balaban J connectivity index is 0.951. The number of piperazine rings is 1. The fraction of sp³-hybridized carbons (Fsp3) is 0.796. The van der Waals surface area contributed by atoms with Gasteiger partial charge in [-0.25, -0.2) is 0 Å². The van der Waals surface area contributed by atoms with Gasteiger partial charge in [0.1, 0.15) is 30.2 Å². The highest BCUT2D eigenvalue weighted by atomic mass is 16.7. The predicted molar refractivity (Wildman–Crippen MR) is 233 cm³/mol. The van der Waals surface area contributed by atoms with E-state index in [9.17, 15) is 25.2 Å². The second-order valence-electron chi connectivity index (χ2n) is 22.2. The summed E-state index contributed by atoms with van der Waals surface area (Å²) in [5, 5.41) is 44.9. The fourth-order valence-corrected chi connectivity index (χ4v) is 14.6. The normalized spacial score (nSPS) is 44.8. The molecule has 0 bridgehead atoms. The van der Waals surface area contributed by atoms with E-state index in [0.717, 1.165) is 95.5 Å². The van der Waals surface area contributed by atoms with Crippen LogP contribution in [0.15, 0.2) is 35.9 Å². The van der Waals surface area contributed by atoms with Gasteiger partial charge in [0.05, 0.1) is 25.5 Å². The van der Waals surface area contributed by atoms with Gasteiger partial charge in [0.25, 0.3) is 0 Å². The molecule has 2 unspecified atom stereocenters. The number of amides is 1. The first-order valence-electron chi connectivity index (χ1n) is 23.4. The van der Waals surface area contributed by atoms with Crippen molar-refractivity contribution in [3.63, 3.8) is 0 Å². The number of rotatable bonds is 9. The van der Waals surface area contributed by atoms with Crippen LogP contribution in [0, 0.1) is 50.2 Å². The monoisotopic (exact) mass is 850 g/mol. The number of carbonyl (C=O) groups excluding carboxylic acids is 2. The number of hydrogen-bond donors (Lipinski definition) is 5. The lowest BCUT2D eigenvalue weighted by molar-refractivity contribution is -0.329. The first kappa shape index (κ1) is 45.0. The van der Waals surface area contributed by atoms with Crippen LogP contribution in [0.2, 0.25) is 0 Å². The number of nitrogens with zero attached hydrogens (tertiary/aromatic N) is 2. The van der Waals surface area contributed by atoms with Crippen LogP contribution in [0.25, 0.3) is 0 Å². The molecule has 1 aromatic carbocycles. The van der Waals surface area contributed by atoms with E-state index in [1.165, 1.54) is 5.57 Å². The van der Waals surface area contributed by atoms with E-state index in [4.69, 9.17) is 14.2 Å². The van der Waals surface area contributed by atoms with Gasteiger partial charge < -0.3 is 44.9 Å². The summed E-state index contributed by atoms with van der Waals surface area (Å²) in [6, 6.07) is 8.18. The Morgan fingerprint density at radius 2 is 1.59 bits per heavy atom. The minimum Gasteiger partial charge on any atom is -0.495 e. The lowest BCUT2D eigenvalue weighted by Gasteiger charge is -2.70. The van der Waals surface area contributed by atoms with Crippen molar-refractivity contribution in [2.75, 3.05) is 57.9 Å². The van der Waals surface area contributed by atoms with Crippen LogP contribution in [0.5, 0.6) is 5.75 Å². The number of aliphatic hydroxyl groups is 4. The summed E-state index contributed by atoms with van der Waals surface area (Å²) in [5.74, 6) is 1.41. The molecule has 340 valence electrons. The highest BCUT2D eigenvalue weighted by Crippen LogP contribution is 2.75. The zero-order chi connectivity index (χ0) is 43.9. The van der Waals surface area contributed by atoms with E-state index < -0.39 is 48.1 Å². The third-order valence-corrected chi connectivity index (χ3v) is 18.7. The van der Waals surface area contributed by atoms with Crippen LogP contribution in [0.4, 0.5) is 5.69 Å². The molecule has 12 heteroatoms. The average molecular weight is 850 g/mol. The van der Waals surface area contributed by atoms with Crippen molar-refractivity contribution in [3.8, 4) is 5.75 Å². The molecule has 5 N–H and O–H groups in total. The quantitative estimate of drug-likeness (QED) is 0.211. The molecule has 8 rings (SSSR count). The number of anilines is 1.